The maximum atomic E-state index is 13.8. The van der Waals surface area contributed by atoms with Crippen molar-refractivity contribution in [3.05, 3.63) is 60.2 Å². The molecule has 8 heteroatoms. The summed E-state index contributed by atoms with van der Waals surface area (Å²) < 4.78 is 16.8. The number of hydrogen-bond donors (Lipinski definition) is 1. The minimum Gasteiger partial charge on any atom is -0.489 e. The Kier molecular flexibility index (Phi) is 10.1. The van der Waals surface area contributed by atoms with E-state index in [2.05, 4.69) is 5.32 Å². The van der Waals surface area contributed by atoms with Crippen LogP contribution in [0.5, 0.6) is 5.75 Å². The first-order valence-corrected chi connectivity index (χ1v) is 13.7. The summed E-state index contributed by atoms with van der Waals surface area (Å²) in [5.41, 5.74) is 1.36. The Morgan fingerprint density at radius 2 is 1.76 bits per heavy atom. The van der Waals surface area contributed by atoms with Crippen LogP contribution in [0.4, 0.5) is 5.69 Å². The molecule has 0 bridgehead atoms. The third-order valence-corrected chi connectivity index (χ3v) is 7.22. The second kappa shape index (κ2) is 14.0. The number of carbonyl (C=O) groups is 3. The molecule has 2 aromatic rings. The number of benzene rings is 2. The number of fused-ring (bicyclic) bond motifs is 1. The highest BCUT2D eigenvalue weighted by Crippen LogP contribution is 2.32. The van der Waals surface area contributed by atoms with Gasteiger partial charge in [0, 0.05) is 0 Å². The highest BCUT2D eigenvalue weighted by molar-refractivity contribution is 6.02. The number of carbonyl (C=O) groups excluding carboxylic acids is 3. The first kappa shape index (κ1) is 27.6. The Labute approximate surface area is 224 Å². The molecule has 1 amide bonds. The molecular formula is C30H38N2O6. The number of esters is 2. The van der Waals surface area contributed by atoms with Gasteiger partial charge in [-0.2, -0.15) is 0 Å². The van der Waals surface area contributed by atoms with Gasteiger partial charge in [-0.15, -0.1) is 0 Å². The minimum atomic E-state index is -0.829. The molecular weight excluding hydrogens is 484 g/mol. The van der Waals surface area contributed by atoms with E-state index in [0.717, 1.165) is 12.0 Å². The topological polar surface area (TPSA) is 94.2 Å². The molecule has 1 fully saturated rings. The second-order valence-corrected chi connectivity index (χ2v) is 9.95. The summed E-state index contributed by atoms with van der Waals surface area (Å²) in [6.45, 7) is 1.92. The highest BCUT2D eigenvalue weighted by Gasteiger charge is 2.36. The smallest absolute Gasteiger partial charge is 0.326 e. The van der Waals surface area contributed by atoms with Gasteiger partial charge in [-0.05, 0) is 43.4 Å². The average molecular weight is 523 g/mol. The lowest BCUT2D eigenvalue weighted by atomic mass is 9.85. The van der Waals surface area contributed by atoms with E-state index in [0.29, 0.717) is 23.8 Å². The Hall–Kier alpha value is -3.39. The number of anilines is 1. The predicted molar refractivity (Wildman–Crippen MR) is 144 cm³/mol. The Bertz CT molecular complexity index is 1070. The van der Waals surface area contributed by atoms with E-state index in [1.807, 2.05) is 36.4 Å². The van der Waals surface area contributed by atoms with Gasteiger partial charge in [-0.3, -0.25) is 24.6 Å². The van der Waals surface area contributed by atoms with E-state index < -0.39 is 18.1 Å². The van der Waals surface area contributed by atoms with Crippen LogP contribution in [0.15, 0.2) is 54.6 Å². The molecule has 0 unspecified atom stereocenters. The average Bonchev–Trinajstić information content (AvgIpc) is 3.07. The predicted octanol–water partition coefficient (Wildman–Crippen LogP) is 4.41. The molecule has 0 radical (unpaired) electrons. The van der Waals surface area contributed by atoms with Gasteiger partial charge in [0.05, 0.1) is 12.3 Å². The van der Waals surface area contributed by atoms with Crippen molar-refractivity contribution in [3.8, 4) is 5.75 Å². The molecule has 2 aromatic carbocycles. The van der Waals surface area contributed by atoms with E-state index in [1.165, 1.54) is 37.0 Å². The molecule has 1 saturated carbocycles. The fourth-order valence-electron chi connectivity index (χ4n) is 5.18. The van der Waals surface area contributed by atoms with Crippen LogP contribution in [-0.2, 0) is 30.5 Å². The summed E-state index contributed by atoms with van der Waals surface area (Å²) in [4.78, 5) is 40.8. The Morgan fingerprint density at radius 1 is 1.03 bits per heavy atom. The molecule has 38 heavy (non-hydrogen) atoms. The second-order valence-electron chi connectivity index (χ2n) is 9.95. The summed E-state index contributed by atoms with van der Waals surface area (Å²) in [6.07, 6.45) is 7.56. The summed E-state index contributed by atoms with van der Waals surface area (Å²) in [5, 5.41) is 3.22. The molecule has 1 aliphatic carbocycles. The first-order chi connectivity index (χ1) is 18.5. The van der Waals surface area contributed by atoms with Crippen LogP contribution in [0.25, 0.3) is 0 Å². The van der Waals surface area contributed by atoms with Crippen LogP contribution in [0.2, 0.25) is 0 Å². The molecule has 0 saturated heterocycles. The molecule has 1 aliphatic heterocycles. The summed E-state index contributed by atoms with van der Waals surface area (Å²) in [6, 6.07) is 15.0. The summed E-state index contributed by atoms with van der Waals surface area (Å²) in [5.74, 6) is -0.165. The zero-order valence-electron chi connectivity index (χ0n) is 22.1. The zero-order valence-corrected chi connectivity index (χ0v) is 22.1. The van der Waals surface area contributed by atoms with Crippen LogP contribution < -0.4 is 15.0 Å². The lowest BCUT2D eigenvalue weighted by Crippen LogP contribution is -2.55. The van der Waals surface area contributed by atoms with E-state index in [1.54, 1.807) is 25.1 Å². The summed E-state index contributed by atoms with van der Waals surface area (Å²) in [7, 11) is 0. The molecule has 2 aliphatic rings. The van der Waals surface area contributed by atoms with E-state index in [9.17, 15) is 14.4 Å². The monoisotopic (exact) mass is 522 g/mol. The van der Waals surface area contributed by atoms with Crippen molar-refractivity contribution in [1.82, 2.24) is 5.32 Å². The minimum absolute atomic E-state index is 0.0325. The number of nitrogens with zero attached hydrogens (tertiary/aromatic N) is 1. The quantitative estimate of drug-likeness (QED) is 0.437. The van der Waals surface area contributed by atoms with E-state index >= 15 is 0 Å². The van der Waals surface area contributed by atoms with Crippen LogP contribution in [0, 0.1) is 5.92 Å². The molecule has 8 nitrogen and oxygen atoms in total. The van der Waals surface area contributed by atoms with Gasteiger partial charge in [-0.1, -0.05) is 74.6 Å². The number of nitrogens with one attached hydrogen (secondary N) is 1. The number of hydrogen-bond acceptors (Lipinski definition) is 7. The van der Waals surface area contributed by atoms with Gasteiger partial charge >= 0.3 is 11.9 Å². The number of rotatable bonds is 11. The van der Waals surface area contributed by atoms with Crippen LogP contribution in [0.3, 0.4) is 0 Å². The van der Waals surface area contributed by atoms with Crippen molar-refractivity contribution < 1.29 is 28.6 Å². The van der Waals surface area contributed by atoms with Gasteiger partial charge in [0.15, 0.2) is 0 Å². The molecule has 204 valence electrons. The maximum absolute atomic E-state index is 13.8. The zero-order chi connectivity index (χ0) is 26.7. The van der Waals surface area contributed by atoms with Crippen molar-refractivity contribution in [2.75, 3.05) is 24.7 Å². The van der Waals surface area contributed by atoms with E-state index in [4.69, 9.17) is 14.2 Å². The fraction of sp³-hybridized carbons (Fsp3) is 0.500. The lowest BCUT2D eigenvalue weighted by Gasteiger charge is -2.28. The van der Waals surface area contributed by atoms with Crippen LogP contribution in [-0.4, -0.2) is 49.7 Å². The first-order valence-electron chi connectivity index (χ1n) is 13.7. The van der Waals surface area contributed by atoms with Gasteiger partial charge in [0.2, 0.25) is 5.91 Å². The molecule has 2 atom stereocenters. The Balaban J connectivity index is 1.46. The fourth-order valence-corrected chi connectivity index (χ4v) is 5.18. The highest BCUT2D eigenvalue weighted by atomic mass is 16.5. The molecule has 1 N–H and O–H groups in total. The van der Waals surface area contributed by atoms with E-state index in [-0.39, 0.29) is 38.2 Å². The number of ether oxygens (including phenoxy) is 3. The van der Waals surface area contributed by atoms with Crippen molar-refractivity contribution in [3.63, 3.8) is 0 Å². The lowest BCUT2D eigenvalue weighted by molar-refractivity contribution is -0.147. The van der Waals surface area contributed by atoms with Crippen LogP contribution >= 0.6 is 0 Å². The number of amides is 1. The normalized spacial score (nSPS) is 18.6. The largest absolute Gasteiger partial charge is 0.489 e. The Morgan fingerprint density at radius 3 is 2.53 bits per heavy atom. The van der Waals surface area contributed by atoms with Gasteiger partial charge in [0.1, 0.15) is 37.6 Å². The standard InChI is InChI=1S/C30H38N2O6/c1-2-36-30(35)24(18-17-22-11-5-3-6-12-22)31-25-21-37-27-16-10-9-15-26(27)32(29(25)34)19-28(33)38-20-23-13-7-4-8-14-23/h4,7-10,13-16,22,24-25,31H,2-3,5-6,11-12,17-21H2,1H3/t24-,25+/m1/s1. The van der Waals surface area contributed by atoms with Crippen molar-refractivity contribution >= 4 is 23.5 Å². The molecule has 1 heterocycles. The van der Waals surface area contributed by atoms with Gasteiger partial charge in [0.25, 0.3) is 0 Å². The van der Waals surface area contributed by atoms with Crippen LogP contribution in [0.1, 0.15) is 57.4 Å². The van der Waals surface area contributed by atoms with Crippen molar-refractivity contribution in [1.29, 1.82) is 0 Å². The number of para-hydroxylation sites is 2. The molecule has 4 rings (SSSR count). The SMILES string of the molecule is CCOC(=O)[C@@H](CCC1CCCCC1)N[C@H]1COc2ccccc2N(CC(=O)OCc2ccccc2)C1=O. The third-order valence-electron chi connectivity index (χ3n) is 7.22. The maximum Gasteiger partial charge on any atom is 0.326 e. The van der Waals surface area contributed by atoms with Crippen molar-refractivity contribution in [2.45, 2.75) is 70.6 Å². The summed E-state index contributed by atoms with van der Waals surface area (Å²) >= 11 is 0. The molecule has 0 spiro atoms. The van der Waals surface area contributed by atoms with Gasteiger partial charge in [-0.25, -0.2) is 0 Å². The molecule has 0 aromatic heterocycles. The van der Waals surface area contributed by atoms with Crippen molar-refractivity contribution in [2.24, 2.45) is 5.92 Å². The van der Waals surface area contributed by atoms with Gasteiger partial charge < -0.3 is 14.2 Å². The third kappa shape index (κ3) is 7.57.